The normalized spacial score (nSPS) is 29.6. The predicted molar refractivity (Wildman–Crippen MR) is 126 cm³/mol. The summed E-state index contributed by atoms with van der Waals surface area (Å²) < 4.78 is 79.0. The van der Waals surface area contributed by atoms with Gasteiger partial charge in [-0.3, -0.25) is 4.79 Å². The SMILES string of the molecule is CC1C2CC(S(=O)(=O)c3cc(C(=O)Nc4cc(F)c(F)c(F)c4)ccc3Cl)CC1C2OC1CCCO1. The van der Waals surface area contributed by atoms with Crippen LogP contribution in [0.3, 0.4) is 0 Å². The van der Waals surface area contributed by atoms with Crippen molar-refractivity contribution in [2.75, 3.05) is 11.9 Å². The minimum atomic E-state index is -3.89. The van der Waals surface area contributed by atoms with E-state index in [1.165, 1.54) is 12.1 Å². The van der Waals surface area contributed by atoms with E-state index in [1.54, 1.807) is 0 Å². The summed E-state index contributed by atoms with van der Waals surface area (Å²) in [5.41, 5.74) is -0.383. The van der Waals surface area contributed by atoms with E-state index in [4.69, 9.17) is 21.1 Å². The number of halogens is 4. The molecule has 2 bridgehead atoms. The molecule has 1 heterocycles. The van der Waals surface area contributed by atoms with Gasteiger partial charge >= 0.3 is 0 Å². The molecule has 3 unspecified atom stereocenters. The third kappa shape index (κ3) is 4.53. The zero-order valence-corrected chi connectivity index (χ0v) is 20.9. The first-order valence-corrected chi connectivity index (χ1v) is 13.7. The number of amides is 1. The molecule has 3 aliphatic carbocycles. The van der Waals surface area contributed by atoms with Crippen LogP contribution in [0.25, 0.3) is 0 Å². The van der Waals surface area contributed by atoms with Gasteiger partial charge in [0, 0.05) is 36.4 Å². The zero-order chi connectivity index (χ0) is 25.8. The summed E-state index contributed by atoms with van der Waals surface area (Å²) >= 11 is 6.25. The van der Waals surface area contributed by atoms with Gasteiger partial charge in [0.1, 0.15) is 0 Å². The molecule has 6 nitrogen and oxygen atoms in total. The highest BCUT2D eigenvalue weighted by molar-refractivity contribution is 7.92. The summed E-state index contributed by atoms with van der Waals surface area (Å²) in [6.07, 6.45) is 2.36. The Bertz CT molecular complexity index is 1260. The maximum Gasteiger partial charge on any atom is 0.255 e. The average molecular weight is 544 g/mol. The largest absolute Gasteiger partial charge is 0.353 e. The van der Waals surface area contributed by atoms with Crippen LogP contribution in [-0.4, -0.2) is 38.6 Å². The molecule has 1 aliphatic heterocycles. The van der Waals surface area contributed by atoms with Gasteiger partial charge in [0.15, 0.2) is 33.6 Å². The lowest BCUT2D eigenvalue weighted by Gasteiger charge is -2.57. The second-order valence-electron chi connectivity index (χ2n) is 9.72. The summed E-state index contributed by atoms with van der Waals surface area (Å²) in [4.78, 5) is 12.5. The lowest BCUT2D eigenvalue weighted by Crippen LogP contribution is -2.59. The van der Waals surface area contributed by atoms with E-state index >= 15 is 0 Å². The predicted octanol–water partition coefficient (Wildman–Crippen LogP) is 5.35. The maximum absolute atomic E-state index is 13.6. The lowest BCUT2D eigenvalue weighted by molar-refractivity contribution is -0.236. The Hall–Kier alpha value is -2.14. The fraction of sp³-hybridized carbons (Fsp3) is 0.480. The zero-order valence-electron chi connectivity index (χ0n) is 19.3. The summed E-state index contributed by atoms with van der Waals surface area (Å²) in [5.74, 6) is -4.89. The molecule has 0 spiro atoms. The Labute approximate surface area is 212 Å². The molecule has 3 saturated carbocycles. The summed E-state index contributed by atoms with van der Waals surface area (Å²) in [7, 11) is -3.89. The molecule has 36 heavy (non-hydrogen) atoms. The Morgan fingerprint density at radius 2 is 1.78 bits per heavy atom. The van der Waals surface area contributed by atoms with E-state index in [1.807, 2.05) is 0 Å². The molecule has 11 heteroatoms. The van der Waals surface area contributed by atoms with Gasteiger partial charge in [0.2, 0.25) is 0 Å². The molecular weight excluding hydrogens is 519 g/mol. The number of hydrogen-bond donors (Lipinski definition) is 1. The first kappa shape index (κ1) is 25.5. The highest BCUT2D eigenvalue weighted by Gasteiger charge is 2.57. The van der Waals surface area contributed by atoms with Crippen LogP contribution in [0.5, 0.6) is 0 Å². The van der Waals surface area contributed by atoms with Crippen molar-refractivity contribution in [1.82, 2.24) is 0 Å². The van der Waals surface area contributed by atoms with Crippen molar-refractivity contribution in [3.63, 3.8) is 0 Å². The van der Waals surface area contributed by atoms with Crippen molar-refractivity contribution in [2.45, 2.75) is 55.1 Å². The average Bonchev–Trinajstić information content (AvgIpc) is 3.36. The quantitative estimate of drug-likeness (QED) is 0.497. The van der Waals surface area contributed by atoms with Gasteiger partial charge in [-0.25, -0.2) is 21.6 Å². The number of benzene rings is 2. The Balaban J connectivity index is 1.33. The number of sulfone groups is 1. The van der Waals surface area contributed by atoms with Gasteiger partial charge in [-0.2, -0.15) is 0 Å². The van der Waals surface area contributed by atoms with Gasteiger partial charge in [-0.15, -0.1) is 0 Å². The fourth-order valence-electron chi connectivity index (χ4n) is 5.65. The van der Waals surface area contributed by atoms with Crippen molar-refractivity contribution in [3.05, 3.63) is 58.4 Å². The third-order valence-electron chi connectivity index (χ3n) is 7.64. The first-order valence-electron chi connectivity index (χ1n) is 11.8. The van der Waals surface area contributed by atoms with Crippen molar-refractivity contribution in [1.29, 1.82) is 0 Å². The Kier molecular flexibility index (Phi) is 6.82. The van der Waals surface area contributed by atoms with Crippen molar-refractivity contribution < 1.29 is 35.9 Å². The van der Waals surface area contributed by atoms with E-state index in [0.717, 1.165) is 18.9 Å². The lowest BCUT2D eigenvalue weighted by atomic mass is 9.55. The number of hydrogen-bond acceptors (Lipinski definition) is 5. The number of rotatable bonds is 6. The van der Waals surface area contributed by atoms with E-state index in [-0.39, 0.29) is 45.4 Å². The summed E-state index contributed by atoms with van der Waals surface area (Å²) in [6.45, 7) is 2.78. The van der Waals surface area contributed by atoms with E-state index < -0.39 is 38.4 Å². The highest BCUT2D eigenvalue weighted by atomic mass is 35.5. The van der Waals surface area contributed by atoms with Gasteiger partial charge < -0.3 is 14.8 Å². The van der Waals surface area contributed by atoms with Crippen LogP contribution in [0.4, 0.5) is 18.9 Å². The molecule has 0 aromatic heterocycles. The molecule has 6 rings (SSSR count). The van der Waals surface area contributed by atoms with Crippen LogP contribution in [0.2, 0.25) is 5.02 Å². The van der Waals surface area contributed by atoms with Gasteiger partial charge in [0.25, 0.3) is 5.91 Å². The first-order chi connectivity index (χ1) is 17.1. The van der Waals surface area contributed by atoms with Crippen LogP contribution in [0, 0.1) is 35.2 Å². The van der Waals surface area contributed by atoms with Crippen molar-refractivity contribution >= 4 is 33.0 Å². The Morgan fingerprint density at radius 3 is 2.39 bits per heavy atom. The molecule has 3 atom stereocenters. The number of carbonyl (C=O) groups excluding carboxylic acids is 1. The fourth-order valence-corrected chi connectivity index (χ4v) is 8.03. The number of carbonyl (C=O) groups is 1. The van der Waals surface area contributed by atoms with Crippen LogP contribution >= 0.6 is 11.6 Å². The number of ether oxygens (including phenoxy) is 2. The molecule has 4 fully saturated rings. The third-order valence-corrected chi connectivity index (χ3v) is 10.3. The monoisotopic (exact) mass is 543 g/mol. The molecule has 1 saturated heterocycles. The van der Waals surface area contributed by atoms with Gasteiger partial charge in [-0.05, 0) is 55.2 Å². The number of nitrogens with one attached hydrogen (secondary N) is 1. The summed E-state index contributed by atoms with van der Waals surface area (Å²) in [6, 6.07) is 5.03. The highest BCUT2D eigenvalue weighted by Crippen LogP contribution is 2.55. The smallest absolute Gasteiger partial charge is 0.255 e. The van der Waals surface area contributed by atoms with Crippen LogP contribution in [-0.2, 0) is 19.3 Å². The minimum Gasteiger partial charge on any atom is -0.353 e. The second-order valence-corrected chi connectivity index (χ2v) is 12.3. The van der Waals surface area contributed by atoms with Crippen LogP contribution in [0.1, 0.15) is 43.0 Å². The van der Waals surface area contributed by atoms with Crippen LogP contribution in [0.15, 0.2) is 35.2 Å². The standard InChI is InChI=1S/C25H25ClF3NO5S/c1-12-16-10-15(11-17(12)24(16)35-22-3-2-6-34-22)36(32,33)21-7-13(4-5-18(21)26)25(31)30-14-8-19(27)23(29)20(28)9-14/h4-5,7-9,12,15-17,22,24H,2-3,6,10-11H2,1H3,(H,30,31). The molecule has 0 radical (unpaired) electrons. The topological polar surface area (TPSA) is 81.7 Å². The second kappa shape index (κ2) is 9.63. The maximum atomic E-state index is 13.6. The van der Waals surface area contributed by atoms with E-state index in [0.29, 0.717) is 37.5 Å². The molecule has 2 aromatic rings. The van der Waals surface area contributed by atoms with E-state index in [2.05, 4.69) is 12.2 Å². The molecule has 194 valence electrons. The minimum absolute atomic E-state index is 0.0233. The van der Waals surface area contributed by atoms with Gasteiger partial charge in [0.05, 0.1) is 21.3 Å². The van der Waals surface area contributed by atoms with Crippen molar-refractivity contribution in [3.8, 4) is 0 Å². The van der Waals surface area contributed by atoms with E-state index in [9.17, 15) is 26.4 Å². The Morgan fingerprint density at radius 1 is 1.11 bits per heavy atom. The molecule has 1 amide bonds. The summed E-state index contributed by atoms with van der Waals surface area (Å²) in [5, 5.41) is 1.55. The number of anilines is 1. The molecule has 1 N–H and O–H groups in total. The molecular formula is C25H25ClF3NO5S. The molecule has 4 aliphatic rings. The molecule has 2 aromatic carbocycles. The number of fused-ring (bicyclic) bond motifs is 2. The van der Waals surface area contributed by atoms with Crippen molar-refractivity contribution in [2.24, 2.45) is 17.8 Å². The van der Waals surface area contributed by atoms with Gasteiger partial charge in [-0.1, -0.05) is 18.5 Å². The van der Waals surface area contributed by atoms with Crippen LogP contribution < -0.4 is 5.32 Å².